The van der Waals surface area contributed by atoms with E-state index in [9.17, 15) is 0 Å². The lowest BCUT2D eigenvalue weighted by molar-refractivity contribution is 0.100. The third-order valence-corrected chi connectivity index (χ3v) is 3.81. The standard InChI is InChI=1S/C18H26N2O/c1-4-12-21-18(14-20-11-10-19-15(3)13-20)17-8-6-16(5-2)7-9-17/h4,6-9,12,18H,5,10-11,13-14H2,1-3H3/b12-4+. The average Bonchev–Trinajstić information content (AvgIpc) is 2.51. The molecule has 0 saturated heterocycles. The summed E-state index contributed by atoms with van der Waals surface area (Å²) in [6.45, 7) is 10.0. The Morgan fingerprint density at radius 3 is 2.71 bits per heavy atom. The number of nitrogens with zero attached hydrogens (tertiary/aromatic N) is 2. The van der Waals surface area contributed by atoms with E-state index in [0.717, 1.165) is 32.6 Å². The van der Waals surface area contributed by atoms with Crippen molar-refractivity contribution in [3.05, 3.63) is 47.7 Å². The van der Waals surface area contributed by atoms with Gasteiger partial charge in [0.1, 0.15) is 6.10 Å². The van der Waals surface area contributed by atoms with Crippen molar-refractivity contribution < 1.29 is 4.74 Å². The number of hydrogen-bond acceptors (Lipinski definition) is 3. The molecular weight excluding hydrogens is 260 g/mol. The number of allylic oxidation sites excluding steroid dienone is 1. The molecule has 0 saturated carbocycles. The average molecular weight is 286 g/mol. The van der Waals surface area contributed by atoms with Gasteiger partial charge in [0.25, 0.3) is 0 Å². The van der Waals surface area contributed by atoms with Crippen LogP contribution in [0.2, 0.25) is 0 Å². The van der Waals surface area contributed by atoms with Crippen molar-refractivity contribution in [2.75, 3.05) is 26.2 Å². The summed E-state index contributed by atoms with van der Waals surface area (Å²) in [7, 11) is 0. The van der Waals surface area contributed by atoms with Crippen molar-refractivity contribution >= 4 is 5.71 Å². The summed E-state index contributed by atoms with van der Waals surface area (Å²) in [5, 5.41) is 0. The maximum absolute atomic E-state index is 5.93. The monoisotopic (exact) mass is 286 g/mol. The van der Waals surface area contributed by atoms with Crippen LogP contribution in [-0.2, 0) is 11.2 Å². The van der Waals surface area contributed by atoms with Gasteiger partial charge in [-0.05, 0) is 31.4 Å². The molecule has 1 aliphatic rings. The van der Waals surface area contributed by atoms with Gasteiger partial charge >= 0.3 is 0 Å². The first kappa shape index (κ1) is 15.8. The first-order valence-corrected chi connectivity index (χ1v) is 7.80. The molecule has 0 radical (unpaired) electrons. The van der Waals surface area contributed by atoms with Crippen LogP contribution in [0.15, 0.2) is 41.6 Å². The lowest BCUT2D eigenvalue weighted by atomic mass is 10.0. The van der Waals surface area contributed by atoms with Crippen molar-refractivity contribution in [3.63, 3.8) is 0 Å². The number of hydrogen-bond donors (Lipinski definition) is 0. The van der Waals surface area contributed by atoms with Crippen LogP contribution in [0.5, 0.6) is 0 Å². The molecular formula is C18H26N2O. The van der Waals surface area contributed by atoms with Crippen LogP contribution < -0.4 is 0 Å². The molecule has 1 heterocycles. The molecule has 21 heavy (non-hydrogen) atoms. The zero-order chi connectivity index (χ0) is 15.1. The lowest BCUT2D eigenvalue weighted by Crippen LogP contribution is -2.38. The fourth-order valence-corrected chi connectivity index (χ4v) is 2.59. The van der Waals surface area contributed by atoms with E-state index in [1.807, 2.05) is 13.0 Å². The molecule has 114 valence electrons. The Bertz CT molecular complexity index is 490. The van der Waals surface area contributed by atoms with Crippen LogP contribution in [0.25, 0.3) is 0 Å². The molecule has 1 aromatic carbocycles. The molecule has 3 nitrogen and oxygen atoms in total. The summed E-state index contributed by atoms with van der Waals surface area (Å²) in [4.78, 5) is 6.89. The van der Waals surface area contributed by atoms with Crippen LogP contribution >= 0.6 is 0 Å². The van der Waals surface area contributed by atoms with Crippen molar-refractivity contribution in [1.82, 2.24) is 4.90 Å². The van der Waals surface area contributed by atoms with Crippen LogP contribution in [-0.4, -0.2) is 36.8 Å². The molecule has 0 spiro atoms. The van der Waals surface area contributed by atoms with Gasteiger partial charge in [-0.2, -0.15) is 0 Å². The highest BCUT2D eigenvalue weighted by atomic mass is 16.5. The minimum Gasteiger partial charge on any atom is -0.492 e. The second-order valence-electron chi connectivity index (χ2n) is 5.54. The quantitative estimate of drug-likeness (QED) is 0.746. The fraction of sp³-hybridized carbons (Fsp3) is 0.500. The van der Waals surface area contributed by atoms with E-state index in [2.05, 4.69) is 48.0 Å². The molecule has 1 aromatic rings. The van der Waals surface area contributed by atoms with Crippen molar-refractivity contribution in [3.8, 4) is 0 Å². The maximum atomic E-state index is 5.93. The molecule has 1 unspecified atom stereocenters. The molecule has 1 aliphatic heterocycles. The first-order chi connectivity index (χ1) is 10.2. The highest BCUT2D eigenvalue weighted by Crippen LogP contribution is 2.21. The van der Waals surface area contributed by atoms with Gasteiger partial charge in [0.2, 0.25) is 0 Å². The van der Waals surface area contributed by atoms with Gasteiger partial charge in [-0.15, -0.1) is 0 Å². The molecule has 3 heteroatoms. The zero-order valence-electron chi connectivity index (χ0n) is 13.4. The van der Waals surface area contributed by atoms with E-state index in [1.165, 1.54) is 16.8 Å². The zero-order valence-corrected chi connectivity index (χ0v) is 13.4. The van der Waals surface area contributed by atoms with Gasteiger partial charge in [-0.25, -0.2) is 0 Å². The summed E-state index contributed by atoms with van der Waals surface area (Å²) in [6.07, 6.45) is 4.89. The summed E-state index contributed by atoms with van der Waals surface area (Å²) >= 11 is 0. The van der Waals surface area contributed by atoms with Gasteiger partial charge in [0.05, 0.1) is 12.8 Å². The van der Waals surface area contributed by atoms with Gasteiger partial charge in [0.15, 0.2) is 0 Å². The minimum absolute atomic E-state index is 0.0815. The number of benzene rings is 1. The van der Waals surface area contributed by atoms with Gasteiger partial charge in [0, 0.05) is 25.3 Å². The Morgan fingerprint density at radius 1 is 1.33 bits per heavy atom. The fourth-order valence-electron chi connectivity index (χ4n) is 2.59. The van der Waals surface area contributed by atoms with Crippen molar-refractivity contribution in [1.29, 1.82) is 0 Å². The molecule has 0 N–H and O–H groups in total. The Labute approximate surface area is 128 Å². The van der Waals surface area contributed by atoms with Crippen molar-refractivity contribution in [2.45, 2.75) is 33.3 Å². The van der Waals surface area contributed by atoms with E-state index < -0.39 is 0 Å². The number of aliphatic imine (C=N–C) groups is 1. The van der Waals surface area contributed by atoms with Crippen LogP contribution in [0.3, 0.4) is 0 Å². The van der Waals surface area contributed by atoms with Crippen LogP contribution in [0, 0.1) is 0 Å². The summed E-state index contributed by atoms with van der Waals surface area (Å²) < 4.78 is 5.93. The first-order valence-electron chi connectivity index (χ1n) is 7.80. The Hall–Kier alpha value is -1.61. The van der Waals surface area contributed by atoms with E-state index in [-0.39, 0.29) is 6.10 Å². The predicted molar refractivity (Wildman–Crippen MR) is 88.9 cm³/mol. The molecule has 0 fully saturated rings. The topological polar surface area (TPSA) is 24.8 Å². The van der Waals surface area contributed by atoms with Gasteiger partial charge in [-0.1, -0.05) is 37.3 Å². The highest BCUT2D eigenvalue weighted by molar-refractivity contribution is 5.84. The summed E-state index contributed by atoms with van der Waals surface area (Å²) in [6, 6.07) is 8.78. The molecule has 0 aromatic heterocycles. The Kier molecular flexibility index (Phi) is 6.00. The Balaban J connectivity index is 2.07. The normalized spacial score (nSPS) is 17.8. The third kappa shape index (κ3) is 4.71. The summed E-state index contributed by atoms with van der Waals surface area (Å²) in [5.74, 6) is 0. The van der Waals surface area contributed by atoms with E-state index in [1.54, 1.807) is 6.26 Å². The third-order valence-electron chi connectivity index (χ3n) is 3.81. The molecule has 0 aliphatic carbocycles. The second kappa shape index (κ2) is 7.99. The molecule has 2 rings (SSSR count). The molecule has 0 amide bonds. The van der Waals surface area contributed by atoms with E-state index in [4.69, 9.17) is 4.74 Å². The number of aryl methyl sites for hydroxylation is 1. The predicted octanol–water partition coefficient (Wildman–Crippen LogP) is 3.62. The smallest absolute Gasteiger partial charge is 0.135 e. The van der Waals surface area contributed by atoms with E-state index >= 15 is 0 Å². The minimum atomic E-state index is 0.0815. The second-order valence-corrected chi connectivity index (χ2v) is 5.54. The number of rotatable bonds is 6. The van der Waals surface area contributed by atoms with Gasteiger partial charge in [-0.3, -0.25) is 9.89 Å². The Morgan fingerprint density at radius 2 is 2.10 bits per heavy atom. The maximum Gasteiger partial charge on any atom is 0.135 e. The van der Waals surface area contributed by atoms with Crippen LogP contribution in [0.1, 0.15) is 38.0 Å². The lowest BCUT2D eigenvalue weighted by Gasteiger charge is -2.29. The number of ether oxygens (including phenoxy) is 1. The molecule has 1 atom stereocenters. The largest absolute Gasteiger partial charge is 0.492 e. The van der Waals surface area contributed by atoms with Crippen molar-refractivity contribution in [2.24, 2.45) is 4.99 Å². The SMILES string of the molecule is C/C=C/OC(CN1CCN=C(C)C1)c1ccc(CC)cc1. The van der Waals surface area contributed by atoms with E-state index in [0.29, 0.717) is 0 Å². The van der Waals surface area contributed by atoms with Crippen LogP contribution in [0.4, 0.5) is 0 Å². The highest BCUT2D eigenvalue weighted by Gasteiger charge is 2.19. The molecule has 0 bridgehead atoms. The van der Waals surface area contributed by atoms with Gasteiger partial charge < -0.3 is 4.74 Å². The summed E-state index contributed by atoms with van der Waals surface area (Å²) in [5.41, 5.74) is 3.82.